The van der Waals surface area contributed by atoms with E-state index >= 15 is 0 Å². The Hall–Kier alpha value is -2.89. The molecular weight excluding hydrogens is 300 g/mol. The molecule has 1 aromatic carbocycles. The average molecular weight is 322 g/mol. The van der Waals surface area contributed by atoms with Crippen LogP contribution in [0.5, 0.6) is 0 Å². The quantitative estimate of drug-likeness (QED) is 0.538. The maximum absolute atomic E-state index is 4.32. The molecule has 0 bridgehead atoms. The van der Waals surface area contributed by atoms with Crippen LogP contribution in [0.25, 0.3) is 10.9 Å². The fourth-order valence-corrected chi connectivity index (χ4v) is 2.80. The minimum atomic E-state index is 0.680. The summed E-state index contributed by atoms with van der Waals surface area (Å²) in [5, 5.41) is 5.51. The van der Waals surface area contributed by atoms with Crippen molar-refractivity contribution in [2.75, 3.05) is 23.4 Å². The van der Waals surface area contributed by atoms with E-state index in [-0.39, 0.29) is 0 Å². The van der Waals surface area contributed by atoms with Gasteiger partial charge in [0.25, 0.3) is 0 Å². The number of H-pyrrole nitrogens is 1. The lowest BCUT2D eigenvalue weighted by Crippen LogP contribution is -2.23. The van der Waals surface area contributed by atoms with E-state index in [0.29, 0.717) is 5.82 Å². The second-order valence-corrected chi connectivity index (χ2v) is 5.55. The number of aromatic nitrogens is 3. The van der Waals surface area contributed by atoms with Crippen molar-refractivity contribution >= 4 is 28.8 Å². The zero-order valence-corrected chi connectivity index (χ0v) is 14.2. The van der Waals surface area contributed by atoms with Gasteiger partial charge in [-0.05, 0) is 32.4 Å². The number of hydrogen-bond donors (Lipinski definition) is 2. The van der Waals surface area contributed by atoms with E-state index in [9.17, 15) is 0 Å². The summed E-state index contributed by atoms with van der Waals surface area (Å²) in [5.74, 6) is 1.58. The zero-order valence-electron chi connectivity index (χ0n) is 14.2. The maximum atomic E-state index is 4.32. The molecule has 2 aromatic heterocycles. The minimum absolute atomic E-state index is 0.680. The Morgan fingerprint density at radius 2 is 2.08 bits per heavy atom. The van der Waals surface area contributed by atoms with E-state index in [2.05, 4.69) is 63.3 Å². The standard InChI is InChI=1S/C18H22N6/c1-4-24(5-2)17-9-16(20-12-21-17)23-22-11-14-10-19-15-8-6-7-13(3)18(14)15/h6-12,19H,4-5H2,1-3H3,(H,20,21,23)/b22-11+. The van der Waals surface area contributed by atoms with Crippen molar-refractivity contribution in [2.24, 2.45) is 5.10 Å². The van der Waals surface area contributed by atoms with E-state index in [1.165, 1.54) is 10.9 Å². The normalized spacial score (nSPS) is 11.3. The lowest BCUT2D eigenvalue weighted by molar-refractivity contribution is 0.841. The largest absolute Gasteiger partial charge is 0.360 e. The van der Waals surface area contributed by atoms with Crippen molar-refractivity contribution in [3.63, 3.8) is 0 Å². The summed E-state index contributed by atoms with van der Waals surface area (Å²) in [6, 6.07) is 8.11. The van der Waals surface area contributed by atoms with Gasteiger partial charge in [-0.15, -0.1) is 0 Å². The molecule has 0 saturated heterocycles. The number of hydrazone groups is 1. The van der Waals surface area contributed by atoms with Crippen molar-refractivity contribution in [3.05, 3.63) is 47.9 Å². The third-order valence-electron chi connectivity index (χ3n) is 4.07. The van der Waals surface area contributed by atoms with Gasteiger partial charge in [0, 0.05) is 41.8 Å². The molecule has 6 nitrogen and oxygen atoms in total. The first-order valence-corrected chi connectivity index (χ1v) is 8.15. The van der Waals surface area contributed by atoms with Gasteiger partial charge in [-0.25, -0.2) is 9.97 Å². The van der Waals surface area contributed by atoms with Gasteiger partial charge in [0.2, 0.25) is 0 Å². The van der Waals surface area contributed by atoms with E-state index < -0.39 is 0 Å². The summed E-state index contributed by atoms with van der Waals surface area (Å²) >= 11 is 0. The molecule has 0 spiro atoms. The highest BCUT2D eigenvalue weighted by atomic mass is 15.3. The summed E-state index contributed by atoms with van der Waals surface area (Å²) in [5.41, 5.74) is 6.37. The third-order valence-corrected chi connectivity index (χ3v) is 4.07. The first-order chi connectivity index (χ1) is 11.7. The fourth-order valence-electron chi connectivity index (χ4n) is 2.80. The summed E-state index contributed by atoms with van der Waals surface area (Å²) in [6.45, 7) is 8.13. The van der Waals surface area contributed by atoms with Gasteiger partial charge in [0.1, 0.15) is 12.1 Å². The van der Waals surface area contributed by atoms with Gasteiger partial charge in [-0.3, -0.25) is 5.43 Å². The summed E-state index contributed by atoms with van der Waals surface area (Å²) in [6.07, 6.45) is 5.33. The van der Waals surface area contributed by atoms with Crippen molar-refractivity contribution in [3.8, 4) is 0 Å². The first kappa shape index (κ1) is 16.0. The van der Waals surface area contributed by atoms with Gasteiger partial charge in [0.05, 0.1) is 6.21 Å². The molecule has 0 saturated carbocycles. The van der Waals surface area contributed by atoms with Crippen LogP contribution >= 0.6 is 0 Å². The van der Waals surface area contributed by atoms with E-state index in [0.717, 1.165) is 30.0 Å². The zero-order chi connectivity index (χ0) is 16.9. The second-order valence-electron chi connectivity index (χ2n) is 5.55. The molecule has 3 aromatic rings. The average Bonchev–Trinajstić information content (AvgIpc) is 3.01. The number of rotatable bonds is 6. The molecule has 0 aliphatic rings. The highest BCUT2D eigenvalue weighted by molar-refractivity contribution is 6.00. The number of hydrogen-bond acceptors (Lipinski definition) is 5. The Balaban J connectivity index is 1.78. The number of anilines is 2. The molecule has 0 aliphatic carbocycles. The molecule has 0 unspecified atom stereocenters. The molecule has 124 valence electrons. The Bertz CT molecular complexity index is 848. The number of aromatic amines is 1. The second kappa shape index (κ2) is 7.12. The molecule has 6 heteroatoms. The van der Waals surface area contributed by atoms with E-state index in [4.69, 9.17) is 0 Å². The van der Waals surface area contributed by atoms with Crippen molar-refractivity contribution in [2.45, 2.75) is 20.8 Å². The van der Waals surface area contributed by atoms with Crippen LogP contribution in [-0.2, 0) is 0 Å². The predicted molar refractivity (Wildman–Crippen MR) is 99.8 cm³/mol. The number of benzene rings is 1. The number of fused-ring (bicyclic) bond motifs is 1. The lowest BCUT2D eigenvalue weighted by Gasteiger charge is -2.19. The number of nitrogens with one attached hydrogen (secondary N) is 2. The third kappa shape index (κ3) is 3.22. The van der Waals surface area contributed by atoms with Gasteiger partial charge < -0.3 is 9.88 Å². The maximum Gasteiger partial charge on any atom is 0.151 e. The molecule has 0 aliphatic heterocycles. The molecule has 0 atom stereocenters. The van der Waals surface area contributed by atoms with Crippen LogP contribution in [0.1, 0.15) is 25.0 Å². The molecular formula is C18H22N6. The van der Waals surface area contributed by atoms with Crippen LogP contribution in [0.3, 0.4) is 0 Å². The SMILES string of the molecule is CCN(CC)c1cc(N/N=C/c2c[nH]c3cccc(C)c23)ncn1. The molecule has 2 N–H and O–H groups in total. The van der Waals surface area contributed by atoms with Crippen LogP contribution < -0.4 is 10.3 Å². The highest BCUT2D eigenvalue weighted by Crippen LogP contribution is 2.20. The van der Waals surface area contributed by atoms with Gasteiger partial charge >= 0.3 is 0 Å². The molecule has 0 fully saturated rings. The molecule has 0 radical (unpaired) electrons. The molecule has 3 rings (SSSR count). The Morgan fingerprint density at radius 3 is 2.88 bits per heavy atom. The van der Waals surface area contributed by atoms with E-state index in [1.54, 1.807) is 6.33 Å². The van der Waals surface area contributed by atoms with Gasteiger partial charge in [0.15, 0.2) is 5.82 Å². The molecule has 0 amide bonds. The van der Waals surface area contributed by atoms with Crippen molar-refractivity contribution in [1.82, 2.24) is 15.0 Å². The summed E-state index contributed by atoms with van der Waals surface area (Å²) < 4.78 is 0. The number of aryl methyl sites for hydroxylation is 1. The smallest absolute Gasteiger partial charge is 0.151 e. The molecule has 24 heavy (non-hydrogen) atoms. The van der Waals surface area contributed by atoms with Gasteiger partial charge in [-0.2, -0.15) is 5.10 Å². The van der Waals surface area contributed by atoms with Crippen molar-refractivity contribution < 1.29 is 0 Å². The predicted octanol–water partition coefficient (Wildman–Crippen LogP) is 3.56. The van der Waals surface area contributed by atoms with Crippen molar-refractivity contribution in [1.29, 1.82) is 0 Å². The van der Waals surface area contributed by atoms with Crippen LogP contribution in [-0.4, -0.2) is 34.3 Å². The summed E-state index contributed by atoms with van der Waals surface area (Å²) in [7, 11) is 0. The van der Waals surface area contributed by atoms with E-state index in [1.807, 2.05) is 24.5 Å². The number of nitrogens with zero attached hydrogens (tertiary/aromatic N) is 4. The Kier molecular flexibility index (Phi) is 4.74. The van der Waals surface area contributed by atoms with Crippen LogP contribution in [0, 0.1) is 6.92 Å². The van der Waals surface area contributed by atoms with Crippen LogP contribution in [0.2, 0.25) is 0 Å². The first-order valence-electron chi connectivity index (χ1n) is 8.15. The molecule has 2 heterocycles. The monoisotopic (exact) mass is 322 g/mol. The lowest BCUT2D eigenvalue weighted by atomic mass is 10.1. The topological polar surface area (TPSA) is 69.2 Å². The minimum Gasteiger partial charge on any atom is -0.360 e. The van der Waals surface area contributed by atoms with Gasteiger partial charge in [-0.1, -0.05) is 12.1 Å². The fraction of sp³-hybridized carbons (Fsp3) is 0.278. The van der Waals surface area contributed by atoms with Crippen LogP contribution in [0.4, 0.5) is 11.6 Å². The van der Waals surface area contributed by atoms with Crippen LogP contribution in [0.15, 0.2) is 41.9 Å². The Labute approximate surface area is 141 Å². The highest BCUT2D eigenvalue weighted by Gasteiger charge is 2.05. The Morgan fingerprint density at radius 1 is 1.25 bits per heavy atom. The summed E-state index contributed by atoms with van der Waals surface area (Å²) in [4.78, 5) is 14.0.